The second-order valence-electron chi connectivity index (χ2n) is 4.05. The maximum atomic E-state index is 11.7. The van der Waals surface area contributed by atoms with Crippen LogP contribution >= 0.6 is 0 Å². The molecule has 0 aromatic heterocycles. The summed E-state index contributed by atoms with van der Waals surface area (Å²) >= 11 is 0. The van der Waals surface area contributed by atoms with Gasteiger partial charge in [-0.15, -0.1) is 0 Å². The minimum Gasteiger partial charge on any atom is -0.300 e. The van der Waals surface area contributed by atoms with Crippen molar-refractivity contribution in [2.45, 2.75) is 39.0 Å². The normalized spacial score (nSPS) is 10.1. The Morgan fingerprint density at radius 2 is 1.56 bits per heavy atom. The summed E-state index contributed by atoms with van der Waals surface area (Å²) in [4.78, 5) is 22.4. The van der Waals surface area contributed by atoms with Gasteiger partial charge >= 0.3 is 0 Å². The molecular weight excluding hydrogens is 200 g/mol. The quantitative estimate of drug-likeness (QED) is 0.519. The molecule has 0 radical (unpaired) electrons. The van der Waals surface area contributed by atoms with Crippen molar-refractivity contribution in [3.8, 4) is 0 Å². The summed E-state index contributed by atoms with van der Waals surface area (Å²) in [6, 6.07) is 9.35. The predicted molar refractivity (Wildman–Crippen MR) is 64.5 cm³/mol. The lowest BCUT2D eigenvalue weighted by Gasteiger charge is -2.00. The van der Waals surface area contributed by atoms with Gasteiger partial charge in [-0.1, -0.05) is 36.8 Å². The van der Waals surface area contributed by atoms with Gasteiger partial charge in [-0.3, -0.25) is 4.79 Å². The fraction of sp³-hybridized carbons (Fsp3) is 0.429. The predicted octanol–water partition coefficient (Wildman–Crippen LogP) is 3.41. The van der Waals surface area contributed by atoms with Gasteiger partial charge in [0.15, 0.2) is 5.78 Å². The molecule has 0 aliphatic rings. The zero-order chi connectivity index (χ0) is 11.8. The van der Waals surface area contributed by atoms with E-state index in [9.17, 15) is 9.59 Å². The Morgan fingerprint density at radius 3 is 2.19 bits per heavy atom. The van der Waals surface area contributed by atoms with Gasteiger partial charge in [-0.2, -0.15) is 0 Å². The van der Waals surface area contributed by atoms with Gasteiger partial charge in [-0.25, -0.2) is 0 Å². The lowest BCUT2D eigenvalue weighted by molar-refractivity contribution is -0.117. The number of rotatable bonds is 7. The highest BCUT2D eigenvalue weighted by atomic mass is 16.1. The molecule has 86 valence electrons. The molecular formula is C14H18O2. The molecule has 0 aliphatic carbocycles. The van der Waals surface area contributed by atoms with Crippen LogP contribution in [0.2, 0.25) is 0 Å². The number of benzene rings is 1. The molecule has 1 rings (SSSR count). The molecule has 0 spiro atoms. The highest BCUT2D eigenvalue weighted by Gasteiger charge is 2.04. The molecule has 0 unspecified atom stereocenters. The van der Waals surface area contributed by atoms with E-state index in [2.05, 4.69) is 0 Å². The first-order chi connectivity index (χ1) is 7.70. The number of hydrogen-bond donors (Lipinski definition) is 0. The first kappa shape index (κ1) is 12.6. The van der Waals surface area contributed by atoms with Crippen LogP contribution < -0.4 is 0 Å². The number of hydrogen-bond acceptors (Lipinski definition) is 2. The Morgan fingerprint density at radius 1 is 0.938 bits per heavy atom. The lowest BCUT2D eigenvalue weighted by atomic mass is 10.0. The Bertz CT molecular complexity index is 341. The minimum atomic E-state index is 0.198. The van der Waals surface area contributed by atoms with Crippen molar-refractivity contribution < 1.29 is 9.59 Å². The summed E-state index contributed by atoms with van der Waals surface area (Å²) in [5.41, 5.74) is 0.786. The molecule has 0 aliphatic heterocycles. The van der Waals surface area contributed by atoms with E-state index in [1.807, 2.05) is 30.3 Å². The zero-order valence-electron chi connectivity index (χ0n) is 9.74. The van der Waals surface area contributed by atoms with Gasteiger partial charge in [0.1, 0.15) is 5.78 Å². The van der Waals surface area contributed by atoms with E-state index < -0.39 is 0 Å². The van der Waals surface area contributed by atoms with Gasteiger partial charge in [0.05, 0.1) is 0 Å². The van der Waals surface area contributed by atoms with Crippen LogP contribution in [0.5, 0.6) is 0 Å². The molecule has 0 saturated carbocycles. The second kappa shape index (κ2) is 6.94. The third kappa shape index (κ3) is 4.87. The van der Waals surface area contributed by atoms with Gasteiger partial charge in [0, 0.05) is 18.4 Å². The molecule has 0 amide bonds. The SMILES string of the molecule is CC(=O)CCCCCC(=O)c1ccccc1. The van der Waals surface area contributed by atoms with Crippen LogP contribution in [-0.4, -0.2) is 11.6 Å². The maximum Gasteiger partial charge on any atom is 0.162 e. The molecule has 0 fully saturated rings. The molecule has 1 aromatic carbocycles. The monoisotopic (exact) mass is 218 g/mol. The van der Waals surface area contributed by atoms with Crippen molar-refractivity contribution in [1.82, 2.24) is 0 Å². The van der Waals surface area contributed by atoms with Crippen molar-refractivity contribution in [3.05, 3.63) is 35.9 Å². The molecule has 0 saturated heterocycles. The molecule has 0 bridgehead atoms. The van der Waals surface area contributed by atoms with Crippen LogP contribution in [0.25, 0.3) is 0 Å². The molecule has 2 nitrogen and oxygen atoms in total. The van der Waals surface area contributed by atoms with E-state index in [4.69, 9.17) is 0 Å². The summed E-state index contributed by atoms with van der Waals surface area (Å²) in [6.07, 6.45) is 3.96. The van der Waals surface area contributed by atoms with Gasteiger partial charge in [-0.05, 0) is 19.8 Å². The fourth-order valence-corrected chi connectivity index (χ4v) is 1.60. The maximum absolute atomic E-state index is 11.7. The summed E-state index contributed by atoms with van der Waals surface area (Å²) < 4.78 is 0. The van der Waals surface area contributed by atoms with Crippen LogP contribution in [0.1, 0.15) is 49.4 Å². The van der Waals surface area contributed by atoms with E-state index in [1.165, 1.54) is 0 Å². The second-order valence-corrected chi connectivity index (χ2v) is 4.05. The van der Waals surface area contributed by atoms with E-state index in [0.29, 0.717) is 12.8 Å². The van der Waals surface area contributed by atoms with Crippen LogP contribution in [-0.2, 0) is 4.79 Å². The Labute approximate surface area is 96.7 Å². The van der Waals surface area contributed by atoms with Crippen molar-refractivity contribution in [3.63, 3.8) is 0 Å². The first-order valence-electron chi connectivity index (χ1n) is 5.78. The molecule has 16 heavy (non-hydrogen) atoms. The number of ketones is 2. The van der Waals surface area contributed by atoms with E-state index in [-0.39, 0.29) is 11.6 Å². The van der Waals surface area contributed by atoms with Crippen molar-refractivity contribution in [1.29, 1.82) is 0 Å². The first-order valence-corrected chi connectivity index (χ1v) is 5.78. The van der Waals surface area contributed by atoms with Crippen molar-refractivity contribution >= 4 is 11.6 Å². The van der Waals surface area contributed by atoms with Crippen LogP contribution in [0.4, 0.5) is 0 Å². The minimum absolute atomic E-state index is 0.198. The Balaban J connectivity index is 2.19. The third-order valence-corrected chi connectivity index (χ3v) is 2.53. The highest BCUT2D eigenvalue weighted by Crippen LogP contribution is 2.09. The summed E-state index contributed by atoms with van der Waals surface area (Å²) in [5.74, 6) is 0.429. The van der Waals surface area contributed by atoms with Crippen LogP contribution in [0.15, 0.2) is 30.3 Å². The van der Waals surface area contributed by atoms with Gasteiger partial charge < -0.3 is 4.79 Å². The largest absolute Gasteiger partial charge is 0.300 e. The topological polar surface area (TPSA) is 34.1 Å². The summed E-state index contributed by atoms with van der Waals surface area (Å²) in [7, 11) is 0. The Hall–Kier alpha value is -1.44. The lowest BCUT2D eigenvalue weighted by Crippen LogP contribution is -1.98. The Kier molecular flexibility index (Phi) is 5.48. The molecule has 0 atom stereocenters. The highest BCUT2D eigenvalue weighted by molar-refractivity contribution is 5.95. The van der Waals surface area contributed by atoms with E-state index in [0.717, 1.165) is 24.8 Å². The van der Waals surface area contributed by atoms with Crippen molar-refractivity contribution in [2.24, 2.45) is 0 Å². The van der Waals surface area contributed by atoms with Crippen molar-refractivity contribution in [2.75, 3.05) is 0 Å². The average molecular weight is 218 g/mol. The molecule has 0 N–H and O–H groups in total. The number of Topliss-reactive ketones (excluding diaryl/α,β-unsaturated/α-hetero) is 2. The van der Waals surface area contributed by atoms with E-state index >= 15 is 0 Å². The summed E-state index contributed by atoms with van der Waals surface area (Å²) in [5, 5.41) is 0. The number of unbranched alkanes of at least 4 members (excludes halogenated alkanes) is 2. The van der Waals surface area contributed by atoms with Gasteiger partial charge in [0.2, 0.25) is 0 Å². The molecule has 2 heteroatoms. The molecule has 1 aromatic rings. The standard InChI is InChI=1S/C14H18O2/c1-12(15)8-4-2-7-11-14(16)13-9-5-3-6-10-13/h3,5-6,9-10H,2,4,7-8,11H2,1H3. The number of carbonyl (C=O) groups is 2. The zero-order valence-corrected chi connectivity index (χ0v) is 9.74. The smallest absolute Gasteiger partial charge is 0.162 e. The third-order valence-electron chi connectivity index (χ3n) is 2.53. The van der Waals surface area contributed by atoms with E-state index in [1.54, 1.807) is 6.92 Å². The summed E-state index contributed by atoms with van der Waals surface area (Å²) in [6.45, 7) is 1.61. The number of carbonyl (C=O) groups excluding carboxylic acids is 2. The molecule has 0 heterocycles. The van der Waals surface area contributed by atoms with Crippen LogP contribution in [0, 0.1) is 0 Å². The van der Waals surface area contributed by atoms with Crippen LogP contribution in [0.3, 0.4) is 0 Å². The average Bonchev–Trinajstić information content (AvgIpc) is 2.29. The fourth-order valence-electron chi connectivity index (χ4n) is 1.60. The van der Waals surface area contributed by atoms with Gasteiger partial charge in [0.25, 0.3) is 0 Å².